The molecule has 1 unspecified atom stereocenters. The number of anilines is 2. The number of methoxy groups -OCH3 is 2. The molecule has 0 aliphatic heterocycles. The van der Waals surface area contributed by atoms with Gasteiger partial charge < -0.3 is 20.5 Å². The van der Waals surface area contributed by atoms with Crippen LogP contribution in [0.1, 0.15) is 13.3 Å². The van der Waals surface area contributed by atoms with Crippen molar-refractivity contribution in [3.05, 3.63) is 18.2 Å². The van der Waals surface area contributed by atoms with Crippen molar-refractivity contribution in [1.29, 1.82) is 0 Å². The van der Waals surface area contributed by atoms with Crippen molar-refractivity contribution < 1.29 is 22.7 Å². The lowest BCUT2D eigenvalue weighted by Crippen LogP contribution is -2.28. The second-order valence-electron chi connectivity index (χ2n) is 4.77. The monoisotopic (exact) mass is 345 g/mol. The topological polar surface area (TPSA) is 120 Å². The van der Waals surface area contributed by atoms with Crippen LogP contribution in [0, 0.1) is 0 Å². The number of amides is 1. The molecule has 1 aromatic carbocycles. The van der Waals surface area contributed by atoms with Crippen molar-refractivity contribution in [3.8, 4) is 5.75 Å². The maximum Gasteiger partial charge on any atom is 0.232 e. The summed E-state index contributed by atoms with van der Waals surface area (Å²) in [6.07, 6.45) is -0.230. The predicted molar refractivity (Wildman–Crippen MR) is 89.2 cm³/mol. The van der Waals surface area contributed by atoms with E-state index in [1.54, 1.807) is 6.07 Å². The summed E-state index contributed by atoms with van der Waals surface area (Å²) in [5.74, 6) is -0.000224. The first kappa shape index (κ1) is 19.2. The Morgan fingerprint density at radius 3 is 2.57 bits per heavy atom. The minimum Gasteiger partial charge on any atom is -0.494 e. The number of nitrogens with one attached hydrogen (secondary N) is 2. The number of nitrogens with two attached hydrogens (primary N) is 1. The maximum atomic E-state index is 11.9. The molecule has 0 saturated heterocycles. The molecule has 0 aliphatic carbocycles. The van der Waals surface area contributed by atoms with Gasteiger partial charge in [0, 0.05) is 25.4 Å². The van der Waals surface area contributed by atoms with Gasteiger partial charge in [-0.05, 0) is 19.1 Å². The number of benzene rings is 1. The Morgan fingerprint density at radius 2 is 2.04 bits per heavy atom. The third-order valence-corrected chi connectivity index (χ3v) is 4.43. The molecule has 1 atom stereocenters. The number of rotatable bonds is 9. The molecule has 0 aliphatic rings. The minimum absolute atomic E-state index is 0.0495. The van der Waals surface area contributed by atoms with Gasteiger partial charge in [-0.1, -0.05) is 0 Å². The Hall–Kier alpha value is -1.84. The molecule has 0 fully saturated rings. The lowest BCUT2D eigenvalue weighted by molar-refractivity contribution is -0.118. The van der Waals surface area contributed by atoms with Crippen LogP contribution in [0.5, 0.6) is 5.75 Å². The van der Waals surface area contributed by atoms with Gasteiger partial charge in [-0.15, -0.1) is 0 Å². The summed E-state index contributed by atoms with van der Waals surface area (Å²) in [5, 5.41) is 2.69. The quantitative estimate of drug-likeness (QED) is 0.608. The van der Waals surface area contributed by atoms with Gasteiger partial charge in [-0.25, -0.2) is 8.42 Å². The Bertz CT molecular complexity index is 629. The normalized spacial score (nSPS) is 12.5. The van der Waals surface area contributed by atoms with E-state index in [1.165, 1.54) is 33.3 Å². The molecule has 130 valence electrons. The first-order valence-corrected chi connectivity index (χ1v) is 8.71. The van der Waals surface area contributed by atoms with Crippen molar-refractivity contribution in [2.24, 2.45) is 5.73 Å². The van der Waals surface area contributed by atoms with E-state index in [2.05, 4.69) is 10.0 Å². The van der Waals surface area contributed by atoms with Crippen molar-refractivity contribution in [1.82, 2.24) is 0 Å². The third-order valence-electron chi connectivity index (χ3n) is 3.14. The van der Waals surface area contributed by atoms with Gasteiger partial charge >= 0.3 is 0 Å². The molecule has 0 saturated carbocycles. The van der Waals surface area contributed by atoms with Gasteiger partial charge in [0.1, 0.15) is 5.75 Å². The molecule has 0 bridgehead atoms. The summed E-state index contributed by atoms with van der Waals surface area (Å²) in [6, 6.07) is 4.65. The molecule has 8 nitrogen and oxygen atoms in total. The van der Waals surface area contributed by atoms with E-state index in [4.69, 9.17) is 15.2 Å². The van der Waals surface area contributed by atoms with Gasteiger partial charge in [-0.3, -0.25) is 9.52 Å². The highest BCUT2D eigenvalue weighted by Gasteiger charge is 2.14. The van der Waals surface area contributed by atoms with E-state index < -0.39 is 10.0 Å². The third kappa shape index (κ3) is 6.05. The zero-order valence-corrected chi connectivity index (χ0v) is 14.3. The molecule has 4 N–H and O–H groups in total. The van der Waals surface area contributed by atoms with E-state index in [0.29, 0.717) is 17.1 Å². The fourth-order valence-electron chi connectivity index (χ4n) is 1.77. The van der Waals surface area contributed by atoms with Gasteiger partial charge in [-0.2, -0.15) is 0 Å². The average Bonchev–Trinajstić information content (AvgIpc) is 2.53. The van der Waals surface area contributed by atoms with Gasteiger partial charge in [0.15, 0.2) is 0 Å². The number of carbonyl (C=O) groups excluding carboxylic acids is 1. The van der Waals surface area contributed by atoms with Crippen molar-refractivity contribution in [3.63, 3.8) is 0 Å². The zero-order chi connectivity index (χ0) is 17.5. The fraction of sp³-hybridized carbons (Fsp3) is 0.500. The summed E-state index contributed by atoms with van der Waals surface area (Å²) in [5.41, 5.74) is 6.27. The van der Waals surface area contributed by atoms with Crippen LogP contribution in [0.15, 0.2) is 18.2 Å². The average molecular weight is 345 g/mol. The molecule has 0 heterocycles. The minimum atomic E-state index is -3.41. The highest BCUT2D eigenvalue weighted by atomic mass is 32.2. The standard InChI is InChI=1S/C14H23N3O5S/c1-4-23(19,20)17-12-6-5-10(7-13(12)22-3)16-14(18)8-11(9-15)21-2/h5-7,11,17H,4,8-9,15H2,1-3H3,(H,16,18). The Morgan fingerprint density at radius 1 is 1.35 bits per heavy atom. The summed E-state index contributed by atoms with van der Waals surface area (Å²) in [4.78, 5) is 11.9. The highest BCUT2D eigenvalue weighted by Crippen LogP contribution is 2.29. The van der Waals surface area contributed by atoms with Gasteiger partial charge in [0.05, 0.1) is 31.1 Å². The Labute approximate surface area is 136 Å². The van der Waals surface area contributed by atoms with Crippen molar-refractivity contribution in [2.75, 3.05) is 36.6 Å². The van der Waals surface area contributed by atoms with E-state index in [1.807, 2.05) is 0 Å². The fourth-order valence-corrected chi connectivity index (χ4v) is 2.42. The molecule has 1 amide bonds. The van der Waals surface area contributed by atoms with E-state index in [9.17, 15) is 13.2 Å². The molecule has 1 rings (SSSR count). The Balaban J connectivity index is 2.85. The van der Waals surface area contributed by atoms with Crippen LogP contribution in [0.25, 0.3) is 0 Å². The first-order chi connectivity index (χ1) is 10.8. The molecule has 0 spiro atoms. The lowest BCUT2D eigenvalue weighted by atomic mass is 10.2. The predicted octanol–water partition coefficient (Wildman–Crippen LogP) is 0.759. The van der Waals surface area contributed by atoms with Crippen LogP contribution < -0.4 is 20.5 Å². The van der Waals surface area contributed by atoms with Crippen LogP contribution in [0.4, 0.5) is 11.4 Å². The molecule has 0 radical (unpaired) electrons. The number of ether oxygens (including phenoxy) is 2. The van der Waals surface area contributed by atoms with Crippen molar-refractivity contribution >= 4 is 27.3 Å². The van der Waals surface area contributed by atoms with Crippen LogP contribution in [-0.4, -0.2) is 46.9 Å². The Kier molecular flexibility index (Phi) is 7.27. The summed E-state index contributed by atoms with van der Waals surface area (Å²) in [6.45, 7) is 1.78. The molecule has 9 heteroatoms. The first-order valence-electron chi connectivity index (χ1n) is 7.06. The molecule has 23 heavy (non-hydrogen) atoms. The summed E-state index contributed by atoms with van der Waals surface area (Å²) >= 11 is 0. The summed E-state index contributed by atoms with van der Waals surface area (Å²) < 4.78 is 35.9. The molecular formula is C14H23N3O5S. The van der Waals surface area contributed by atoms with Crippen LogP contribution >= 0.6 is 0 Å². The van der Waals surface area contributed by atoms with E-state index in [0.717, 1.165) is 0 Å². The second-order valence-corrected chi connectivity index (χ2v) is 6.78. The smallest absolute Gasteiger partial charge is 0.232 e. The molecular weight excluding hydrogens is 322 g/mol. The van der Waals surface area contributed by atoms with E-state index in [-0.39, 0.29) is 30.7 Å². The number of hydrogen-bond donors (Lipinski definition) is 3. The van der Waals surface area contributed by atoms with Gasteiger partial charge in [0.25, 0.3) is 0 Å². The number of hydrogen-bond acceptors (Lipinski definition) is 6. The lowest BCUT2D eigenvalue weighted by Gasteiger charge is -2.15. The van der Waals surface area contributed by atoms with Gasteiger partial charge in [0.2, 0.25) is 15.9 Å². The highest BCUT2D eigenvalue weighted by molar-refractivity contribution is 7.92. The zero-order valence-electron chi connectivity index (χ0n) is 13.5. The van der Waals surface area contributed by atoms with Crippen LogP contribution in [0.3, 0.4) is 0 Å². The van der Waals surface area contributed by atoms with E-state index >= 15 is 0 Å². The van der Waals surface area contributed by atoms with Crippen molar-refractivity contribution in [2.45, 2.75) is 19.4 Å². The van der Waals surface area contributed by atoms with Crippen LogP contribution in [-0.2, 0) is 19.6 Å². The number of sulfonamides is 1. The number of carbonyl (C=O) groups is 1. The molecule has 1 aromatic rings. The largest absolute Gasteiger partial charge is 0.494 e. The van der Waals surface area contributed by atoms with Crippen LogP contribution in [0.2, 0.25) is 0 Å². The second kappa shape index (κ2) is 8.70. The SMILES string of the molecule is CCS(=O)(=O)Nc1ccc(NC(=O)CC(CN)OC)cc1OC. The molecule has 0 aromatic heterocycles. The maximum absolute atomic E-state index is 11.9. The summed E-state index contributed by atoms with van der Waals surface area (Å²) in [7, 11) is -0.506.